The summed E-state index contributed by atoms with van der Waals surface area (Å²) in [6.07, 6.45) is 2.54. The van der Waals surface area contributed by atoms with Crippen molar-refractivity contribution in [2.45, 2.75) is 30.7 Å². The van der Waals surface area contributed by atoms with E-state index in [2.05, 4.69) is 11.8 Å². The first kappa shape index (κ1) is 16.4. The average Bonchev–Trinajstić information content (AvgIpc) is 3.39. The smallest absolute Gasteiger partial charge is 0.270 e. The van der Waals surface area contributed by atoms with E-state index >= 15 is 0 Å². The molecule has 126 valence electrons. The number of non-ortho nitro benzene ring substituents is 1. The first-order chi connectivity index (χ1) is 10.9. The third-order valence-electron chi connectivity index (χ3n) is 4.82. The van der Waals surface area contributed by atoms with E-state index in [1.165, 1.54) is 35.3 Å². The quantitative estimate of drug-likeness (QED) is 0.602. The molecule has 23 heavy (non-hydrogen) atoms. The molecular weight excluding hydrogens is 318 g/mol. The summed E-state index contributed by atoms with van der Waals surface area (Å²) in [5, 5.41) is 10.8. The van der Waals surface area contributed by atoms with E-state index in [0.29, 0.717) is 32.2 Å². The summed E-state index contributed by atoms with van der Waals surface area (Å²) in [6.45, 7) is 4.50. The lowest BCUT2D eigenvalue weighted by Crippen LogP contribution is -2.51. The van der Waals surface area contributed by atoms with Gasteiger partial charge in [0, 0.05) is 44.4 Å². The Morgan fingerprint density at radius 1 is 1.22 bits per heavy atom. The molecule has 1 unspecified atom stereocenters. The summed E-state index contributed by atoms with van der Waals surface area (Å²) in [6, 6.07) is 5.78. The molecule has 8 heteroatoms. The van der Waals surface area contributed by atoms with Crippen molar-refractivity contribution in [3.05, 3.63) is 34.4 Å². The Labute approximate surface area is 136 Å². The molecule has 2 aliphatic rings. The van der Waals surface area contributed by atoms with Crippen LogP contribution in [0.25, 0.3) is 0 Å². The molecule has 7 nitrogen and oxygen atoms in total. The van der Waals surface area contributed by atoms with Gasteiger partial charge in [-0.25, -0.2) is 8.42 Å². The normalized spacial score (nSPS) is 22.0. The van der Waals surface area contributed by atoms with E-state index in [-0.39, 0.29) is 10.6 Å². The third-order valence-corrected chi connectivity index (χ3v) is 6.71. The van der Waals surface area contributed by atoms with E-state index in [4.69, 9.17) is 0 Å². The fourth-order valence-corrected chi connectivity index (χ4v) is 4.60. The van der Waals surface area contributed by atoms with Crippen LogP contribution in [0.3, 0.4) is 0 Å². The number of piperazine rings is 1. The maximum absolute atomic E-state index is 12.7. The number of sulfonamides is 1. The summed E-state index contributed by atoms with van der Waals surface area (Å²) in [5.74, 6) is 0.759. The van der Waals surface area contributed by atoms with E-state index in [0.717, 1.165) is 12.0 Å². The summed E-state index contributed by atoms with van der Waals surface area (Å²) >= 11 is 0. The molecular formula is C15H21N3O4S. The van der Waals surface area contributed by atoms with Crippen molar-refractivity contribution in [3.8, 4) is 0 Å². The SMILES string of the molecule is CC(C1CC1)N1CCN(S(=O)(=O)c2cccc([N+](=O)[O-])c2)CC1. The van der Waals surface area contributed by atoms with Gasteiger partial charge < -0.3 is 0 Å². The minimum atomic E-state index is -3.67. The van der Waals surface area contributed by atoms with Gasteiger partial charge in [-0.05, 0) is 31.7 Å². The van der Waals surface area contributed by atoms with Gasteiger partial charge in [-0.2, -0.15) is 4.31 Å². The van der Waals surface area contributed by atoms with Crippen LogP contribution in [0.2, 0.25) is 0 Å². The zero-order chi connectivity index (χ0) is 16.6. The maximum atomic E-state index is 12.7. The minimum absolute atomic E-state index is 0.00427. The van der Waals surface area contributed by atoms with E-state index in [1.807, 2.05) is 0 Å². The van der Waals surface area contributed by atoms with Gasteiger partial charge in [-0.1, -0.05) is 6.07 Å². The van der Waals surface area contributed by atoms with Gasteiger partial charge in [0.15, 0.2) is 0 Å². The Bertz CT molecular complexity index is 694. The Balaban J connectivity index is 1.71. The first-order valence-corrected chi connectivity index (χ1v) is 9.32. The fraction of sp³-hybridized carbons (Fsp3) is 0.600. The molecule has 1 heterocycles. The molecule has 1 aromatic carbocycles. The van der Waals surface area contributed by atoms with Crippen LogP contribution in [0.5, 0.6) is 0 Å². The van der Waals surface area contributed by atoms with Gasteiger partial charge in [0.1, 0.15) is 0 Å². The lowest BCUT2D eigenvalue weighted by molar-refractivity contribution is -0.385. The number of hydrogen-bond acceptors (Lipinski definition) is 5. The Morgan fingerprint density at radius 2 is 1.87 bits per heavy atom. The van der Waals surface area contributed by atoms with Crippen LogP contribution in [0, 0.1) is 16.0 Å². The third kappa shape index (κ3) is 3.39. The first-order valence-electron chi connectivity index (χ1n) is 7.88. The molecule has 0 bridgehead atoms. The second-order valence-electron chi connectivity index (χ2n) is 6.27. The summed E-state index contributed by atoms with van der Waals surface area (Å²) < 4.78 is 26.8. The maximum Gasteiger partial charge on any atom is 0.270 e. The summed E-state index contributed by atoms with van der Waals surface area (Å²) in [4.78, 5) is 12.6. The molecule has 1 saturated heterocycles. The van der Waals surface area contributed by atoms with Crippen molar-refractivity contribution in [2.75, 3.05) is 26.2 Å². The van der Waals surface area contributed by atoms with Gasteiger partial charge in [0.2, 0.25) is 10.0 Å². The second kappa shape index (κ2) is 6.18. The lowest BCUT2D eigenvalue weighted by Gasteiger charge is -2.37. The van der Waals surface area contributed by atoms with Gasteiger partial charge in [-0.15, -0.1) is 0 Å². The van der Waals surface area contributed by atoms with Gasteiger partial charge >= 0.3 is 0 Å². The van der Waals surface area contributed by atoms with Gasteiger partial charge in [-0.3, -0.25) is 15.0 Å². The Morgan fingerprint density at radius 3 is 2.43 bits per heavy atom. The molecule has 0 amide bonds. The number of nitrogens with zero attached hydrogens (tertiary/aromatic N) is 3. The molecule has 3 rings (SSSR count). The second-order valence-corrected chi connectivity index (χ2v) is 8.21. The number of benzene rings is 1. The molecule has 1 aliphatic heterocycles. The molecule has 0 spiro atoms. The molecule has 0 radical (unpaired) electrons. The van der Waals surface area contributed by atoms with Crippen LogP contribution >= 0.6 is 0 Å². The average molecular weight is 339 g/mol. The van der Waals surface area contributed by atoms with Crippen LogP contribution < -0.4 is 0 Å². The summed E-state index contributed by atoms with van der Waals surface area (Å²) in [5.41, 5.74) is -0.202. The molecule has 1 aliphatic carbocycles. The molecule has 0 N–H and O–H groups in total. The topological polar surface area (TPSA) is 83.8 Å². The number of rotatable bonds is 5. The van der Waals surface area contributed by atoms with E-state index in [9.17, 15) is 18.5 Å². The highest BCUT2D eigenvalue weighted by molar-refractivity contribution is 7.89. The number of hydrogen-bond donors (Lipinski definition) is 0. The Hall–Kier alpha value is -1.51. The Kier molecular flexibility index (Phi) is 4.39. The lowest BCUT2D eigenvalue weighted by atomic mass is 10.1. The van der Waals surface area contributed by atoms with Crippen molar-refractivity contribution >= 4 is 15.7 Å². The van der Waals surface area contributed by atoms with Gasteiger partial charge in [0.05, 0.1) is 9.82 Å². The highest BCUT2D eigenvalue weighted by atomic mass is 32.2. The van der Waals surface area contributed by atoms with Crippen LogP contribution in [0.4, 0.5) is 5.69 Å². The number of nitro groups is 1. The fourth-order valence-electron chi connectivity index (χ4n) is 3.13. The number of nitro benzene ring substituents is 1. The van der Waals surface area contributed by atoms with Crippen molar-refractivity contribution in [3.63, 3.8) is 0 Å². The standard InChI is InChI=1S/C15H21N3O4S/c1-12(13-5-6-13)16-7-9-17(10-8-16)23(21,22)15-4-2-3-14(11-15)18(19)20/h2-4,11-13H,5-10H2,1H3. The highest BCUT2D eigenvalue weighted by Gasteiger charge is 2.35. The minimum Gasteiger partial charge on any atom is -0.298 e. The van der Waals surface area contributed by atoms with Crippen molar-refractivity contribution < 1.29 is 13.3 Å². The van der Waals surface area contributed by atoms with E-state index < -0.39 is 14.9 Å². The van der Waals surface area contributed by atoms with Crippen LogP contribution in [0.15, 0.2) is 29.2 Å². The molecule has 2 fully saturated rings. The molecule has 1 saturated carbocycles. The zero-order valence-electron chi connectivity index (χ0n) is 13.1. The van der Waals surface area contributed by atoms with Gasteiger partial charge in [0.25, 0.3) is 5.69 Å². The van der Waals surface area contributed by atoms with Crippen LogP contribution in [0.1, 0.15) is 19.8 Å². The van der Waals surface area contributed by atoms with Crippen molar-refractivity contribution in [2.24, 2.45) is 5.92 Å². The van der Waals surface area contributed by atoms with Crippen molar-refractivity contribution in [1.82, 2.24) is 9.21 Å². The highest BCUT2D eigenvalue weighted by Crippen LogP contribution is 2.35. The molecule has 0 aromatic heterocycles. The molecule has 1 aromatic rings. The predicted octanol–water partition coefficient (Wildman–Crippen LogP) is 1.70. The zero-order valence-corrected chi connectivity index (χ0v) is 13.9. The summed E-state index contributed by atoms with van der Waals surface area (Å²) in [7, 11) is -3.67. The monoisotopic (exact) mass is 339 g/mol. The largest absolute Gasteiger partial charge is 0.298 e. The van der Waals surface area contributed by atoms with Crippen molar-refractivity contribution in [1.29, 1.82) is 0 Å². The van der Waals surface area contributed by atoms with E-state index in [1.54, 1.807) is 0 Å². The van der Waals surface area contributed by atoms with Crippen LogP contribution in [-0.4, -0.2) is 54.8 Å². The van der Waals surface area contributed by atoms with Crippen LogP contribution in [-0.2, 0) is 10.0 Å². The molecule has 1 atom stereocenters. The predicted molar refractivity (Wildman–Crippen MR) is 85.6 cm³/mol.